The Balaban J connectivity index is 2.51. The molecule has 3 N–H and O–H groups in total. The van der Waals surface area contributed by atoms with Gasteiger partial charge in [-0.3, -0.25) is 0 Å². The highest BCUT2D eigenvalue weighted by atomic mass is 31.1. The zero-order valence-corrected chi connectivity index (χ0v) is 7.27. The van der Waals surface area contributed by atoms with E-state index >= 15 is 0 Å². The third kappa shape index (κ3) is 2.10. The van der Waals surface area contributed by atoms with Crippen LogP contribution in [0.4, 0.5) is 0 Å². The van der Waals surface area contributed by atoms with Crippen LogP contribution in [0.15, 0.2) is 0 Å². The van der Waals surface area contributed by atoms with Crippen LogP contribution >= 0.6 is 8.58 Å². The van der Waals surface area contributed by atoms with Crippen LogP contribution in [0.3, 0.4) is 0 Å². The van der Waals surface area contributed by atoms with E-state index in [2.05, 4.69) is 0 Å². The van der Waals surface area contributed by atoms with E-state index in [4.69, 9.17) is 9.84 Å². The van der Waals surface area contributed by atoms with Crippen molar-refractivity contribution in [3.05, 3.63) is 0 Å². The molecule has 5 heteroatoms. The molecule has 0 bridgehead atoms. The van der Waals surface area contributed by atoms with Gasteiger partial charge in [-0.15, -0.1) is 0 Å². The van der Waals surface area contributed by atoms with Crippen molar-refractivity contribution < 1.29 is 20.1 Å². The smallest absolute Gasteiger partial charge is 0.112 e. The maximum absolute atomic E-state index is 9.23. The Kier molecular flexibility index (Phi) is 3.22. The van der Waals surface area contributed by atoms with Crippen LogP contribution in [0, 0.1) is 0 Å². The molecule has 4 nitrogen and oxygen atoms in total. The minimum Gasteiger partial charge on any atom is -0.394 e. The molecule has 0 aromatic rings. The van der Waals surface area contributed by atoms with Gasteiger partial charge >= 0.3 is 0 Å². The van der Waals surface area contributed by atoms with Crippen LogP contribution in [0.5, 0.6) is 0 Å². The highest BCUT2D eigenvalue weighted by Crippen LogP contribution is 2.34. The fraction of sp³-hybridized carbons (Fsp3) is 1.00. The SMILES string of the molecule is CC1OC(CO)C(O)C(O)P1. The first kappa shape index (κ1) is 9.36. The normalized spacial score (nSPS) is 48.0. The minimum absolute atomic E-state index is 0.0643. The van der Waals surface area contributed by atoms with Gasteiger partial charge in [0.25, 0.3) is 0 Å². The Morgan fingerprint density at radius 1 is 1.45 bits per heavy atom. The number of hydrogen-bond donors (Lipinski definition) is 3. The van der Waals surface area contributed by atoms with Gasteiger partial charge in [0.2, 0.25) is 0 Å². The zero-order chi connectivity index (χ0) is 8.43. The Morgan fingerprint density at radius 2 is 2.09 bits per heavy atom. The molecule has 11 heavy (non-hydrogen) atoms. The molecule has 1 aliphatic rings. The fourth-order valence-corrected chi connectivity index (χ4v) is 2.22. The number of hydrogen-bond acceptors (Lipinski definition) is 4. The van der Waals surface area contributed by atoms with E-state index in [9.17, 15) is 10.2 Å². The molecule has 0 aromatic carbocycles. The number of ether oxygens (including phenoxy) is 1. The minimum atomic E-state index is -0.936. The Labute approximate surface area is 67.0 Å². The second-order valence-electron chi connectivity index (χ2n) is 2.60. The number of aliphatic hydroxyl groups is 3. The number of rotatable bonds is 1. The van der Waals surface area contributed by atoms with Gasteiger partial charge in [-0.25, -0.2) is 0 Å². The summed E-state index contributed by atoms with van der Waals surface area (Å²) in [6, 6.07) is 0. The predicted octanol–water partition coefficient (Wildman–Crippen LogP) is -0.919. The number of aliphatic hydroxyl groups excluding tert-OH is 3. The summed E-state index contributed by atoms with van der Waals surface area (Å²) in [5.41, 5.74) is 0. The molecule has 1 aliphatic heterocycles. The average Bonchev–Trinajstić information content (AvgIpc) is 1.96. The quantitative estimate of drug-likeness (QED) is 0.456. The predicted molar refractivity (Wildman–Crippen MR) is 41.7 cm³/mol. The van der Waals surface area contributed by atoms with Crippen molar-refractivity contribution in [3.8, 4) is 0 Å². The van der Waals surface area contributed by atoms with Crippen molar-refractivity contribution in [3.63, 3.8) is 0 Å². The molecular formula is C6H13O4P. The molecule has 0 saturated carbocycles. The van der Waals surface area contributed by atoms with Gasteiger partial charge in [-0.05, 0) is 6.92 Å². The van der Waals surface area contributed by atoms with Gasteiger partial charge in [-0.1, -0.05) is 8.58 Å². The summed E-state index contributed by atoms with van der Waals surface area (Å²) in [5.74, 6) is -0.804. The first-order valence-electron chi connectivity index (χ1n) is 3.53. The highest BCUT2D eigenvalue weighted by molar-refractivity contribution is 7.39. The molecule has 5 unspecified atom stereocenters. The second kappa shape index (κ2) is 3.78. The van der Waals surface area contributed by atoms with E-state index in [1.807, 2.05) is 6.92 Å². The molecule has 0 aromatic heterocycles. The van der Waals surface area contributed by atoms with Crippen molar-refractivity contribution in [2.24, 2.45) is 0 Å². The van der Waals surface area contributed by atoms with Crippen molar-refractivity contribution in [2.45, 2.75) is 30.8 Å². The Morgan fingerprint density at radius 3 is 2.64 bits per heavy atom. The maximum Gasteiger partial charge on any atom is 0.112 e. The summed E-state index contributed by atoms with van der Waals surface area (Å²) in [7, 11) is 0.191. The van der Waals surface area contributed by atoms with Crippen LogP contribution in [0.25, 0.3) is 0 Å². The molecule has 0 aliphatic carbocycles. The lowest BCUT2D eigenvalue weighted by atomic mass is 10.2. The lowest BCUT2D eigenvalue weighted by molar-refractivity contribution is -0.107. The molecule has 0 spiro atoms. The molecule has 5 atom stereocenters. The summed E-state index contributed by atoms with van der Waals surface area (Å²) < 4.78 is 5.17. The van der Waals surface area contributed by atoms with E-state index in [1.165, 1.54) is 0 Å². The van der Waals surface area contributed by atoms with Crippen LogP contribution in [0.1, 0.15) is 6.92 Å². The average molecular weight is 180 g/mol. The maximum atomic E-state index is 9.23. The largest absolute Gasteiger partial charge is 0.394 e. The summed E-state index contributed by atoms with van der Waals surface area (Å²) in [5, 5.41) is 27.2. The Hall–Kier alpha value is 0.270. The Bertz CT molecular complexity index is 132. The standard InChI is InChI=1S/C6H13O4P/c1-3-10-4(2-7)5(8)6(9)11-3/h3-9,11H,2H2,1H3. The molecule has 1 rings (SSSR count). The van der Waals surface area contributed by atoms with E-state index in [1.54, 1.807) is 0 Å². The third-order valence-electron chi connectivity index (χ3n) is 1.67. The van der Waals surface area contributed by atoms with Crippen molar-refractivity contribution in [2.75, 3.05) is 6.61 Å². The van der Waals surface area contributed by atoms with Crippen LogP contribution in [-0.2, 0) is 4.74 Å². The van der Waals surface area contributed by atoms with Crippen molar-refractivity contribution in [1.82, 2.24) is 0 Å². The van der Waals surface area contributed by atoms with Crippen LogP contribution in [0.2, 0.25) is 0 Å². The lowest BCUT2D eigenvalue weighted by Crippen LogP contribution is -2.45. The first-order chi connectivity index (χ1) is 5.15. The van der Waals surface area contributed by atoms with E-state index < -0.39 is 18.1 Å². The monoisotopic (exact) mass is 180 g/mol. The fourth-order valence-electron chi connectivity index (χ4n) is 1.08. The van der Waals surface area contributed by atoms with Crippen LogP contribution in [-0.4, -0.2) is 45.8 Å². The zero-order valence-electron chi connectivity index (χ0n) is 6.27. The van der Waals surface area contributed by atoms with Gasteiger partial charge in [0, 0.05) is 0 Å². The molecule has 1 saturated heterocycles. The van der Waals surface area contributed by atoms with Gasteiger partial charge in [0.15, 0.2) is 0 Å². The summed E-state index contributed by atoms with van der Waals surface area (Å²) in [6.07, 6.45) is -1.56. The van der Waals surface area contributed by atoms with Crippen molar-refractivity contribution >= 4 is 8.58 Å². The highest BCUT2D eigenvalue weighted by Gasteiger charge is 2.34. The third-order valence-corrected chi connectivity index (χ3v) is 2.96. The van der Waals surface area contributed by atoms with Gasteiger partial charge < -0.3 is 20.1 Å². The first-order valence-corrected chi connectivity index (χ1v) is 4.69. The summed E-state index contributed by atoms with van der Waals surface area (Å²) >= 11 is 0. The molecule has 0 amide bonds. The molecule has 66 valence electrons. The van der Waals surface area contributed by atoms with Crippen molar-refractivity contribution in [1.29, 1.82) is 0 Å². The van der Waals surface area contributed by atoms with Gasteiger partial charge in [-0.2, -0.15) is 0 Å². The van der Waals surface area contributed by atoms with E-state index in [-0.39, 0.29) is 21.0 Å². The second-order valence-corrected chi connectivity index (χ2v) is 4.34. The van der Waals surface area contributed by atoms with Gasteiger partial charge in [0.1, 0.15) is 18.1 Å². The molecular weight excluding hydrogens is 167 g/mol. The van der Waals surface area contributed by atoms with E-state index in [0.29, 0.717) is 0 Å². The van der Waals surface area contributed by atoms with Crippen LogP contribution < -0.4 is 0 Å². The van der Waals surface area contributed by atoms with Gasteiger partial charge in [0.05, 0.1) is 12.5 Å². The lowest BCUT2D eigenvalue weighted by Gasteiger charge is -2.34. The molecule has 1 fully saturated rings. The molecule has 1 heterocycles. The topological polar surface area (TPSA) is 69.9 Å². The molecule has 0 radical (unpaired) electrons. The van der Waals surface area contributed by atoms with E-state index in [0.717, 1.165) is 0 Å². The summed E-state index contributed by atoms with van der Waals surface area (Å²) in [4.78, 5) is 0. The summed E-state index contributed by atoms with van der Waals surface area (Å²) in [6.45, 7) is 1.57.